The Morgan fingerprint density at radius 3 is 2.62 bits per heavy atom. The fourth-order valence-corrected chi connectivity index (χ4v) is 2.94. The first-order valence-corrected chi connectivity index (χ1v) is 7.56. The molecular formula is C17H15N3S. The van der Waals surface area contributed by atoms with Gasteiger partial charge in [0.25, 0.3) is 0 Å². The molecule has 0 spiro atoms. The maximum Gasteiger partial charge on any atom is 0.198 e. The number of H-pyrrole nitrogens is 1. The molecule has 4 rings (SSSR count). The minimum absolute atomic E-state index is 0.485. The molecule has 1 saturated carbocycles. The van der Waals surface area contributed by atoms with Crippen LogP contribution in [0.1, 0.15) is 24.3 Å². The number of aromatic nitrogens is 2. The molecule has 21 heavy (non-hydrogen) atoms. The molecule has 3 aromatic rings. The van der Waals surface area contributed by atoms with Gasteiger partial charge in [0.05, 0.1) is 0 Å². The van der Waals surface area contributed by atoms with Crippen molar-refractivity contribution in [1.82, 2.24) is 9.97 Å². The number of hydrogen-bond donors (Lipinski definition) is 2. The van der Waals surface area contributed by atoms with Gasteiger partial charge in [0.15, 0.2) is 4.77 Å². The van der Waals surface area contributed by atoms with Gasteiger partial charge in [0.1, 0.15) is 5.82 Å². The highest BCUT2D eigenvalue weighted by Gasteiger charge is 2.25. The van der Waals surface area contributed by atoms with Crippen molar-refractivity contribution in [1.29, 1.82) is 0 Å². The molecule has 0 atom stereocenters. The van der Waals surface area contributed by atoms with Gasteiger partial charge in [0.2, 0.25) is 0 Å². The smallest absolute Gasteiger partial charge is 0.198 e. The van der Waals surface area contributed by atoms with Crippen molar-refractivity contribution in [2.75, 3.05) is 5.32 Å². The fourth-order valence-electron chi connectivity index (χ4n) is 2.77. The molecule has 2 N–H and O–H groups in total. The second kappa shape index (κ2) is 4.97. The predicted molar refractivity (Wildman–Crippen MR) is 88.6 cm³/mol. The molecule has 2 aromatic carbocycles. The number of nitrogens with one attached hydrogen (secondary N) is 2. The zero-order valence-corrected chi connectivity index (χ0v) is 12.3. The van der Waals surface area contributed by atoms with Crippen LogP contribution in [0, 0.1) is 4.77 Å². The van der Waals surface area contributed by atoms with Gasteiger partial charge in [-0.1, -0.05) is 30.3 Å². The van der Waals surface area contributed by atoms with Gasteiger partial charge in [-0.15, -0.1) is 0 Å². The average Bonchev–Trinajstić information content (AvgIpc) is 3.32. The van der Waals surface area contributed by atoms with E-state index >= 15 is 0 Å². The van der Waals surface area contributed by atoms with E-state index in [-0.39, 0.29) is 0 Å². The summed E-state index contributed by atoms with van der Waals surface area (Å²) < 4.78 is 0.485. The van der Waals surface area contributed by atoms with Crippen LogP contribution in [0.5, 0.6) is 0 Å². The molecule has 1 aliphatic rings. The Morgan fingerprint density at radius 2 is 1.86 bits per heavy atom. The Bertz CT molecular complexity index is 865. The molecule has 1 heterocycles. The second-order valence-electron chi connectivity index (χ2n) is 5.44. The van der Waals surface area contributed by atoms with Gasteiger partial charge in [-0.3, -0.25) is 0 Å². The van der Waals surface area contributed by atoms with Gasteiger partial charge in [-0.2, -0.15) is 0 Å². The Hall–Kier alpha value is -2.20. The highest BCUT2D eigenvalue weighted by Crippen LogP contribution is 2.44. The molecule has 1 aliphatic carbocycles. The topological polar surface area (TPSA) is 40.7 Å². The summed E-state index contributed by atoms with van der Waals surface area (Å²) in [6, 6.07) is 14.9. The largest absolute Gasteiger partial charge is 0.341 e. The van der Waals surface area contributed by atoms with Gasteiger partial charge in [0, 0.05) is 17.3 Å². The number of anilines is 2. The summed E-state index contributed by atoms with van der Waals surface area (Å²) >= 11 is 5.07. The zero-order chi connectivity index (χ0) is 14.2. The van der Waals surface area contributed by atoms with Crippen LogP contribution in [0.3, 0.4) is 0 Å². The first-order valence-electron chi connectivity index (χ1n) is 7.15. The molecule has 0 unspecified atom stereocenters. The number of fused-ring (bicyclic) bond motifs is 1. The molecular weight excluding hydrogens is 278 g/mol. The SMILES string of the molecule is S=c1nccc(Nc2ccc(C3CC3)c3ccccc23)[nH]1. The van der Waals surface area contributed by atoms with E-state index in [9.17, 15) is 0 Å². The monoisotopic (exact) mass is 293 g/mol. The van der Waals surface area contributed by atoms with Crippen molar-refractivity contribution < 1.29 is 0 Å². The molecule has 1 aromatic heterocycles. The van der Waals surface area contributed by atoms with E-state index in [4.69, 9.17) is 12.2 Å². The van der Waals surface area contributed by atoms with Crippen molar-refractivity contribution >= 4 is 34.5 Å². The summed E-state index contributed by atoms with van der Waals surface area (Å²) in [6.45, 7) is 0. The number of rotatable bonds is 3. The summed E-state index contributed by atoms with van der Waals surface area (Å²) in [5.74, 6) is 1.61. The third kappa shape index (κ3) is 2.43. The highest BCUT2D eigenvalue weighted by atomic mass is 32.1. The third-order valence-electron chi connectivity index (χ3n) is 3.92. The van der Waals surface area contributed by atoms with Crippen LogP contribution >= 0.6 is 12.2 Å². The maximum atomic E-state index is 5.07. The average molecular weight is 293 g/mol. The summed E-state index contributed by atoms with van der Waals surface area (Å²) in [4.78, 5) is 7.07. The minimum Gasteiger partial charge on any atom is -0.341 e. The van der Waals surface area contributed by atoms with E-state index in [0.717, 1.165) is 17.4 Å². The van der Waals surface area contributed by atoms with Crippen LogP contribution in [-0.4, -0.2) is 9.97 Å². The highest BCUT2D eigenvalue weighted by molar-refractivity contribution is 7.71. The Kier molecular flexibility index (Phi) is 2.97. The van der Waals surface area contributed by atoms with Crippen LogP contribution in [0.2, 0.25) is 0 Å². The van der Waals surface area contributed by atoms with E-state index in [0.29, 0.717) is 4.77 Å². The van der Waals surface area contributed by atoms with E-state index in [2.05, 4.69) is 51.7 Å². The summed E-state index contributed by atoms with van der Waals surface area (Å²) in [6.07, 6.45) is 4.34. The van der Waals surface area contributed by atoms with E-state index in [1.165, 1.54) is 29.2 Å². The lowest BCUT2D eigenvalue weighted by atomic mass is 9.99. The first-order chi connectivity index (χ1) is 10.3. The lowest BCUT2D eigenvalue weighted by Gasteiger charge is -2.12. The first kappa shape index (κ1) is 12.5. The van der Waals surface area contributed by atoms with Crippen LogP contribution in [0.4, 0.5) is 11.5 Å². The van der Waals surface area contributed by atoms with Crippen LogP contribution in [-0.2, 0) is 0 Å². The van der Waals surface area contributed by atoms with Crippen LogP contribution < -0.4 is 5.32 Å². The molecule has 0 aliphatic heterocycles. The van der Waals surface area contributed by atoms with Crippen molar-refractivity contribution in [2.24, 2.45) is 0 Å². The van der Waals surface area contributed by atoms with Gasteiger partial charge < -0.3 is 10.3 Å². The molecule has 104 valence electrons. The molecule has 4 heteroatoms. The Morgan fingerprint density at radius 1 is 1.05 bits per heavy atom. The van der Waals surface area contributed by atoms with Crippen LogP contribution in [0.25, 0.3) is 10.8 Å². The second-order valence-corrected chi connectivity index (χ2v) is 5.82. The summed E-state index contributed by atoms with van der Waals surface area (Å²) in [7, 11) is 0. The standard InChI is InChI=1S/C17H15N3S/c21-17-18-10-9-16(20-17)19-15-8-7-12(11-5-6-11)13-3-1-2-4-14(13)15/h1-4,7-11H,5-6H2,(H2,18,19,20,21). The molecule has 0 radical (unpaired) electrons. The number of nitrogens with zero attached hydrogens (tertiary/aromatic N) is 1. The van der Waals surface area contributed by atoms with Crippen molar-refractivity contribution in [2.45, 2.75) is 18.8 Å². The lowest BCUT2D eigenvalue weighted by Crippen LogP contribution is -1.96. The van der Waals surface area contributed by atoms with Crippen molar-refractivity contribution in [3.05, 3.63) is 59.0 Å². The Labute approximate surface area is 128 Å². The normalized spacial score (nSPS) is 14.3. The number of aromatic amines is 1. The van der Waals surface area contributed by atoms with Gasteiger partial charge >= 0.3 is 0 Å². The number of hydrogen-bond acceptors (Lipinski definition) is 3. The summed E-state index contributed by atoms with van der Waals surface area (Å²) in [5.41, 5.74) is 2.56. The van der Waals surface area contributed by atoms with Crippen molar-refractivity contribution in [3.63, 3.8) is 0 Å². The molecule has 0 bridgehead atoms. The van der Waals surface area contributed by atoms with E-state index < -0.39 is 0 Å². The van der Waals surface area contributed by atoms with Gasteiger partial charge in [-0.25, -0.2) is 4.98 Å². The lowest BCUT2D eigenvalue weighted by molar-refractivity contribution is 1.13. The molecule has 1 fully saturated rings. The maximum absolute atomic E-state index is 5.07. The molecule has 0 saturated heterocycles. The quantitative estimate of drug-likeness (QED) is 0.674. The fraction of sp³-hybridized carbons (Fsp3) is 0.176. The van der Waals surface area contributed by atoms with Gasteiger partial charge in [-0.05, 0) is 54.1 Å². The predicted octanol–water partition coefficient (Wildman–Crippen LogP) is 4.91. The third-order valence-corrected chi connectivity index (χ3v) is 4.13. The van der Waals surface area contributed by atoms with E-state index in [1.54, 1.807) is 6.20 Å². The zero-order valence-electron chi connectivity index (χ0n) is 11.5. The van der Waals surface area contributed by atoms with E-state index in [1.807, 2.05) is 6.07 Å². The van der Waals surface area contributed by atoms with Crippen molar-refractivity contribution in [3.8, 4) is 0 Å². The summed E-state index contributed by atoms with van der Waals surface area (Å²) in [5, 5.41) is 6.01. The molecule has 0 amide bonds. The minimum atomic E-state index is 0.485. The Balaban J connectivity index is 1.82. The molecule has 3 nitrogen and oxygen atoms in total. The van der Waals surface area contributed by atoms with Crippen LogP contribution in [0.15, 0.2) is 48.7 Å². The number of benzene rings is 2.